The van der Waals surface area contributed by atoms with Gasteiger partial charge in [0.05, 0.1) is 11.5 Å². The summed E-state index contributed by atoms with van der Waals surface area (Å²) in [6.45, 7) is 0. The van der Waals surface area contributed by atoms with Gasteiger partial charge in [0, 0.05) is 17.7 Å². The second kappa shape index (κ2) is 7.12. The summed E-state index contributed by atoms with van der Waals surface area (Å²) in [4.78, 5) is 12.0. The van der Waals surface area contributed by atoms with Crippen molar-refractivity contribution in [2.24, 2.45) is 5.73 Å². The predicted molar refractivity (Wildman–Crippen MR) is 81.5 cm³/mol. The Morgan fingerprint density at radius 2 is 1.87 bits per heavy atom. The number of nitriles is 1. The lowest BCUT2D eigenvalue weighted by Gasteiger charge is -2.21. The number of nitrogens with two attached hydrogens (primary N) is 1. The molecule has 2 aromatic rings. The summed E-state index contributed by atoms with van der Waals surface area (Å²) in [5.74, 6) is -0.725. The number of aromatic nitrogens is 1. The third-order valence-corrected chi connectivity index (χ3v) is 3.46. The summed E-state index contributed by atoms with van der Waals surface area (Å²) in [7, 11) is 0. The van der Waals surface area contributed by atoms with Crippen molar-refractivity contribution in [2.75, 3.05) is 0 Å². The predicted octanol–water partition coefficient (Wildman–Crippen LogP) is 1.61. The molecule has 2 unspecified atom stereocenters. The smallest absolute Gasteiger partial charge is 0.287 e. The Hall–Kier alpha value is -3.29. The number of primary amides is 1. The van der Waals surface area contributed by atoms with E-state index in [4.69, 9.17) is 5.73 Å². The van der Waals surface area contributed by atoms with Gasteiger partial charge in [0.15, 0.2) is 12.4 Å². The van der Waals surface area contributed by atoms with Crippen LogP contribution in [0.3, 0.4) is 0 Å². The zero-order valence-electron chi connectivity index (χ0n) is 12.1. The summed E-state index contributed by atoms with van der Waals surface area (Å²) in [6, 6.07) is 11.5. The van der Waals surface area contributed by atoms with Gasteiger partial charge in [0.2, 0.25) is 6.04 Å². The van der Waals surface area contributed by atoms with E-state index in [1.807, 2.05) is 0 Å². The van der Waals surface area contributed by atoms with Gasteiger partial charge >= 0.3 is 0 Å². The quantitative estimate of drug-likeness (QED) is 0.516. The van der Waals surface area contributed by atoms with Gasteiger partial charge in [-0.25, -0.2) is 4.39 Å². The number of rotatable bonds is 5. The van der Waals surface area contributed by atoms with Gasteiger partial charge in [0.1, 0.15) is 11.9 Å². The number of hydrogen-bond acceptors (Lipinski definition) is 2. The van der Waals surface area contributed by atoms with Crippen LogP contribution in [0.25, 0.3) is 5.41 Å². The zero-order valence-corrected chi connectivity index (χ0v) is 12.1. The van der Waals surface area contributed by atoms with Gasteiger partial charge in [-0.1, -0.05) is 24.3 Å². The first-order valence-electron chi connectivity index (χ1n) is 6.76. The summed E-state index contributed by atoms with van der Waals surface area (Å²) in [5.41, 5.74) is 5.28. The van der Waals surface area contributed by atoms with Crippen molar-refractivity contribution in [2.45, 2.75) is 12.0 Å². The lowest BCUT2D eigenvalue weighted by Crippen LogP contribution is -2.49. The fraction of sp³-hybridized carbons (Fsp3) is 0.118. The molecule has 23 heavy (non-hydrogen) atoms. The SMILES string of the molecule is N#CC(=C=[N-])C(c1ccccc1F)C(C(N)=O)[n+]1ccccc1. The van der Waals surface area contributed by atoms with Crippen LogP contribution in [-0.2, 0) is 4.79 Å². The number of nitrogens with zero attached hydrogens (tertiary/aromatic N) is 3. The summed E-state index contributed by atoms with van der Waals surface area (Å²) >= 11 is 0. The molecular weight excluding hydrogens is 295 g/mol. The van der Waals surface area contributed by atoms with Crippen LogP contribution in [0.5, 0.6) is 0 Å². The van der Waals surface area contributed by atoms with Gasteiger partial charge in [-0.15, -0.1) is 0 Å². The average Bonchev–Trinajstić information content (AvgIpc) is 2.56. The fourth-order valence-electron chi connectivity index (χ4n) is 2.46. The Labute approximate surface area is 132 Å². The zero-order chi connectivity index (χ0) is 16.8. The van der Waals surface area contributed by atoms with E-state index >= 15 is 0 Å². The maximum Gasteiger partial charge on any atom is 0.287 e. The van der Waals surface area contributed by atoms with Crippen LogP contribution < -0.4 is 10.3 Å². The molecule has 0 saturated carbocycles. The number of hydrogen-bond donors (Lipinski definition) is 1. The Bertz CT molecular complexity index is 807. The van der Waals surface area contributed by atoms with Crippen molar-refractivity contribution in [3.8, 4) is 6.07 Å². The van der Waals surface area contributed by atoms with Gasteiger partial charge < -0.3 is 11.1 Å². The molecule has 6 heteroatoms. The molecule has 0 bridgehead atoms. The Morgan fingerprint density at radius 1 is 1.22 bits per heavy atom. The molecule has 0 aliphatic carbocycles. The molecule has 114 valence electrons. The van der Waals surface area contributed by atoms with Gasteiger partial charge in [-0.2, -0.15) is 9.83 Å². The van der Waals surface area contributed by atoms with E-state index in [1.54, 1.807) is 48.6 Å². The summed E-state index contributed by atoms with van der Waals surface area (Å²) in [5, 5.41) is 18.5. The molecule has 1 aromatic carbocycles. The Kier molecular flexibility index (Phi) is 4.98. The first-order valence-corrected chi connectivity index (χ1v) is 6.76. The van der Waals surface area contributed by atoms with E-state index in [1.165, 1.54) is 22.8 Å². The maximum atomic E-state index is 14.2. The van der Waals surface area contributed by atoms with Crippen molar-refractivity contribution in [3.63, 3.8) is 0 Å². The molecule has 2 atom stereocenters. The third-order valence-electron chi connectivity index (χ3n) is 3.46. The molecule has 0 fully saturated rings. The minimum Gasteiger partial charge on any atom is -0.762 e. The number of benzene rings is 1. The molecule has 0 radical (unpaired) electrons. The van der Waals surface area contributed by atoms with E-state index < -0.39 is 23.7 Å². The van der Waals surface area contributed by atoms with Crippen molar-refractivity contribution in [1.82, 2.24) is 0 Å². The molecule has 5 nitrogen and oxygen atoms in total. The van der Waals surface area contributed by atoms with Gasteiger partial charge in [0.25, 0.3) is 5.91 Å². The molecule has 0 spiro atoms. The molecule has 0 saturated heterocycles. The first kappa shape index (κ1) is 16.1. The number of pyridine rings is 1. The first-order chi connectivity index (χ1) is 11.1. The lowest BCUT2D eigenvalue weighted by molar-refractivity contribution is -0.711. The van der Waals surface area contributed by atoms with Crippen molar-refractivity contribution in [1.29, 1.82) is 5.26 Å². The average molecular weight is 308 g/mol. The molecule has 1 aromatic heterocycles. The minimum atomic E-state index is -1.10. The van der Waals surface area contributed by atoms with Crippen LogP contribution in [0.2, 0.25) is 0 Å². The number of amides is 1. The Morgan fingerprint density at radius 3 is 2.39 bits per heavy atom. The highest BCUT2D eigenvalue weighted by atomic mass is 19.1. The normalized spacial score (nSPS) is 12.5. The minimum absolute atomic E-state index is 0.0748. The summed E-state index contributed by atoms with van der Waals surface area (Å²) in [6.07, 6.45) is 3.16. The Balaban J connectivity index is 2.70. The standard InChI is InChI=1S/C17H13FN4O/c18-14-7-3-2-6-13(14)15(12(10-19)11-20)16(17(21)23)22-8-4-1-5-9-22/h1-9,15-16H,(H2,21,23). The van der Waals surface area contributed by atoms with E-state index in [-0.39, 0.29) is 11.1 Å². The van der Waals surface area contributed by atoms with Crippen LogP contribution >= 0.6 is 0 Å². The second-order valence-corrected chi connectivity index (χ2v) is 4.81. The monoisotopic (exact) mass is 308 g/mol. The van der Waals surface area contributed by atoms with E-state index in [9.17, 15) is 19.9 Å². The van der Waals surface area contributed by atoms with E-state index in [2.05, 4.69) is 0 Å². The van der Waals surface area contributed by atoms with Crippen LogP contribution in [0.1, 0.15) is 17.5 Å². The van der Waals surface area contributed by atoms with E-state index in [0.29, 0.717) is 0 Å². The summed E-state index contributed by atoms with van der Waals surface area (Å²) < 4.78 is 15.7. The van der Waals surface area contributed by atoms with Crippen LogP contribution in [-0.4, -0.2) is 11.8 Å². The molecular formula is C17H13FN4O. The lowest BCUT2D eigenvalue weighted by atomic mass is 9.84. The molecule has 0 aliphatic heterocycles. The number of carbonyl (C=O) groups excluding carboxylic acids is 1. The highest BCUT2D eigenvalue weighted by molar-refractivity contribution is 5.81. The number of halogens is 1. The molecule has 1 heterocycles. The second-order valence-electron chi connectivity index (χ2n) is 4.81. The number of allylic oxidation sites excluding steroid dienone is 1. The van der Waals surface area contributed by atoms with Crippen molar-refractivity contribution in [3.05, 3.63) is 77.2 Å². The maximum absolute atomic E-state index is 14.2. The van der Waals surface area contributed by atoms with Crippen molar-refractivity contribution < 1.29 is 13.8 Å². The molecule has 2 N–H and O–H groups in total. The topological polar surface area (TPSA) is 93.1 Å². The fourth-order valence-corrected chi connectivity index (χ4v) is 2.46. The van der Waals surface area contributed by atoms with Gasteiger partial charge in [-0.3, -0.25) is 10.7 Å². The van der Waals surface area contributed by atoms with Crippen LogP contribution in [0, 0.1) is 17.1 Å². The molecule has 1 amide bonds. The molecule has 2 rings (SSSR count). The van der Waals surface area contributed by atoms with Gasteiger partial charge in [-0.05, 0) is 6.07 Å². The third kappa shape index (κ3) is 3.31. The van der Waals surface area contributed by atoms with Crippen LogP contribution in [0.15, 0.2) is 60.4 Å². The molecule has 0 aliphatic rings. The number of carbonyl (C=O) groups is 1. The highest BCUT2D eigenvalue weighted by Crippen LogP contribution is 2.32. The van der Waals surface area contributed by atoms with E-state index in [0.717, 1.165) is 0 Å². The largest absolute Gasteiger partial charge is 0.762 e. The van der Waals surface area contributed by atoms with Crippen molar-refractivity contribution >= 4 is 11.8 Å². The highest BCUT2D eigenvalue weighted by Gasteiger charge is 2.39. The van der Waals surface area contributed by atoms with Crippen LogP contribution in [0.4, 0.5) is 4.39 Å².